The average Bonchev–Trinajstić information content (AvgIpc) is 2.80. The molecule has 1 N–H and O–H groups in total. The normalized spacial score (nSPS) is 19.8. The van der Waals surface area contributed by atoms with Crippen molar-refractivity contribution in [1.29, 1.82) is 0 Å². The molecule has 2 aliphatic heterocycles. The number of anilines is 2. The second-order valence-corrected chi connectivity index (χ2v) is 8.52. The lowest BCUT2D eigenvalue weighted by molar-refractivity contribution is -0.116. The molecule has 1 unspecified atom stereocenters. The molecular weight excluding hydrogens is 336 g/mol. The van der Waals surface area contributed by atoms with Gasteiger partial charge in [-0.3, -0.25) is 9.10 Å². The number of benzene rings is 2. The van der Waals surface area contributed by atoms with E-state index in [1.165, 1.54) is 4.31 Å². The van der Waals surface area contributed by atoms with Crippen LogP contribution in [0.5, 0.6) is 0 Å². The summed E-state index contributed by atoms with van der Waals surface area (Å²) in [6, 6.07) is 12.5. The summed E-state index contributed by atoms with van der Waals surface area (Å²) >= 11 is 0. The van der Waals surface area contributed by atoms with E-state index in [0.29, 0.717) is 12.8 Å². The highest BCUT2D eigenvalue weighted by Crippen LogP contribution is 2.37. The van der Waals surface area contributed by atoms with Gasteiger partial charge >= 0.3 is 0 Å². The highest BCUT2D eigenvalue weighted by atomic mass is 32.2. The van der Waals surface area contributed by atoms with E-state index in [4.69, 9.17) is 0 Å². The fraction of sp³-hybridized carbons (Fsp3) is 0.316. The first-order valence-corrected chi connectivity index (χ1v) is 9.96. The van der Waals surface area contributed by atoms with Gasteiger partial charge in [0.15, 0.2) is 0 Å². The van der Waals surface area contributed by atoms with Gasteiger partial charge < -0.3 is 5.32 Å². The molecule has 5 nitrogen and oxygen atoms in total. The van der Waals surface area contributed by atoms with E-state index in [1.807, 2.05) is 31.2 Å². The summed E-state index contributed by atoms with van der Waals surface area (Å²) in [7, 11) is -3.64. The lowest BCUT2D eigenvalue weighted by Crippen LogP contribution is -2.35. The van der Waals surface area contributed by atoms with Crippen LogP contribution in [0.15, 0.2) is 47.4 Å². The fourth-order valence-corrected chi connectivity index (χ4v) is 5.47. The Morgan fingerprint density at radius 2 is 1.88 bits per heavy atom. The van der Waals surface area contributed by atoms with Crippen LogP contribution in [-0.4, -0.2) is 20.4 Å². The molecule has 0 aliphatic carbocycles. The van der Waals surface area contributed by atoms with Crippen LogP contribution in [0.1, 0.15) is 30.9 Å². The van der Waals surface area contributed by atoms with Crippen LogP contribution in [0, 0.1) is 0 Å². The van der Waals surface area contributed by atoms with Crippen molar-refractivity contribution in [2.45, 2.75) is 43.5 Å². The summed E-state index contributed by atoms with van der Waals surface area (Å²) in [5.41, 5.74) is 3.42. The summed E-state index contributed by atoms with van der Waals surface area (Å²) < 4.78 is 28.1. The topological polar surface area (TPSA) is 66.5 Å². The zero-order valence-electron chi connectivity index (χ0n) is 14.0. The second kappa shape index (κ2) is 5.88. The number of amides is 1. The minimum Gasteiger partial charge on any atom is -0.326 e. The van der Waals surface area contributed by atoms with Crippen LogP contribution in [0.4, 0.5) is 11.4 Å². The zero-order valence-corrected chi connectivity index (χ0v) is 14.8. The van der Waals surface area contributed by atoms with Crippen LogP contribution >= 0.6 is 0 Å². The van der Waals surface area contributed by atoms with Crippen molar-refractivity contribution in [3.8, 4) is 0 Å². The zero-order chi connectivity index (χ0) is 17.6. The Labute approximate surface area is 147 Å². The number of hydrogen-bond acceptors (Lipinski definition) is 3. The van der Waals surface area contributed by atoms with Crippen LogP contribution in [0.2, 0.25) is 0 Å². The molecule has 1 amide bonds. The Bertz CT molecular complexity index is 953. The molecule has 2 aromatic rings. The van der Waals surface area contributed by atoms with E-state index in [2.05, 4.69) is 5.32 Å². The van der Waals surface area contributed by atoms with Gasteiger partial charge in [0.2, 0.25) is 5.91 Å². The highest BCUT2D eigenvalue weighted by Gasteiger charge is 2.36. The van der Waals surface area contributed by atoms with E-state index >= 15 is 0 Å². The maximum Gasteiger partial charge on any atom is 0.264 e. The molecule has 0 aromatic heterocycles. The van der Waals surface area contributed by atoms with E-state index in [1.54, 1.807) is 18.2 Å². The molecule has 1 atom stereocenters. The van der Waals surface area contributed by atoms with Crippen molar-refractivity contribution in [1.82, 2.24) is 0 Å². The van der Waals surface area contributed by atoms with Gasteiger partial charge in [-0.05, 0) is 61.6 Å². The lowest BCUT2D eigenvalue weighted by Gasteiger charge is -2.25. The van der Waals surface area contributed by atoms with Crippen molar-refractivity contribution >= 4 is 27.3 Å². The first-order chi connectivity index (χ1) is 12.0. The Hall–Kier alpha value is -2.34. The van der Waals surface area contributed by atoms with Crippen molar-refractivity contribution in [2.24, 2.45) is 0 Å². The summed E-state index contributed by atoms with van der Waals surface area (Å²) in [4.78, 5) is 12.0. The molecule has 25 heavy (non-hydrogen) atoms. The first kappa shape index (κ1) is 16.1. The number of rotatable bonds is 2. The Morgan fingerprint density at radius 3 is 2.72 bits per heavy atom. The third-order valence-electron chi connectivity index (χ3n) is 4.90. The number of carbonyl (C=O) groups is 1. The van der Waals surface area contributed by atoms with Crippen LogP contribution in [0.25, 0.3) is 0 Å². The quantitative estimate of drug-likeness (QED) is 0.899. The standard InChI is InChI=1S/C19H20N2O3S/c1-13-11-15-5-2-3-7-18(15)21(13)25(23,24)16-9-10-17-14(12-16)6-4-8-19(22)20-17/h2-3,5,7,9-10,12-13H,4,6,8,11H2,1H3,(H,20,22). The molecule has 6 heteroatoms. The fourth-order valence-electron chi connectivity index (χ4n) is 3.73. The summed E-state index contributed by atoms with van der Waals surface area (Å²) in [6.45, 7) is 1.93. The monoisotopic (exact) mass is 356 g/mol. The largest absolute Gasteiger partial charge is 0.326 e. The number of nitrogens with zero attached hydrogens (tertiary/aromatic N) is 1. The maximum absolute atomic E-state index is 13.3. The van der Waals surface area contributed by atoms with E-state index in [-0.39, 0.29) is 16.8 Å². The molecule has 2 aliphatic rings. The molecular formula is C19H20N2O3S. The van der Waals surface area contributed by atoms with Gasteiger partial charge in [0.05, 0.1) is 10.6 Å². The third kappa shape index (κ3) is 2.70. The van der Waals surface area contributed by atoms with Crippen molar-refractivity contribution < 1.29 is 13.2 Å². The van der Waals surface area contributed by atoms with Gasteiger partial charge in [0.1, 0.15) is 0 Å². The molecule has 2 aromatic carbocycles. The van der Waals surface area contributed by atoms with Crippen molar-refractivity contribution in [3.63, 3.8) is 0 Å². The minimum absolute atomic E-state index is 0.0172. The van der Waals surface area contributed by atoms with Gasteiger partial charge in [-0.1, -0.05) is 18.2 Å². The molecule has 2 heterocycles. The molecule has 0 saturated heterocycles. The summed E-state index contributed by atoms with van der Waals surface area (Å²) in [5.74, 6) is -0.0172. The molecule has 0 bridgehead atoms. The van der Waals surface area contributed by atoms with Gasteiger partial charge in [-0.25, -0.2) is 8.42 Å². The number of nitrogens with one attached hydrogen (secondary N) is 1. The Balaban J connectivity index is 1.77. The van der Waals surface area contributed by atoms with E-state index in [0.717, 1.165) is 35.3 Å². The minimum atomic E-state index is -3.64. The molecule has 0 radical (unpaired) electrons. The Kier molecular flexibility index (Phi) is 3.80. The molecule has 0 spiro atoms. The summed E-state index contributed by atoms with van der Waals surface area (Å²) in [6.07, 6.45) is 2.61. The number of hydrogen-bond donors (Lipinski definition) is 1. The number of carbonyl (C=O) groups excluding carboxylic acids is 1. The first-order valence-electron chi connectivity index (χ1n) is 8.52. The average molecular weight is 356 g/mol. The van der Waals surface area contributed by atoms with Gasteiger partial charge in [-0.2, -0.15) is 0 Å². The number of aryl methyl sites for hydroxylation is 1. The van der Waals surface area contributed by atoms with Crippen LogP contribution in [0.3, 0.4) is 0 Å². The lowest BCUT2D eigenvalue weighted by atomic mass is 10.1. The predicted octanol–water partition coefficient (Wildman–Crippen LogP) is 3.10. The number of sulfonamides is 1. The molecule has 0 fully saturated rings. The van der Waals surface area contributed by atoms with Crippen LogP contribution < -0.4 is 9.62 Å². The molecule has 130 valence electrons. The predicted molar refractivity (Wildman–Crippen MR) is 97.3 cm³/mol. The van der Waals surface area contributed by atoms with Gasteiger partial charge in [0, 0.05) is 18.2 Å². The number of fused-ring (bicyclic) bond motifs is 2. The third-order valence-corrected chi connectivity index (χ3v) is 6.83. The molecule has 0 saturated carbocycles. The highest BCUT2D eigenvalue weighted by molar-refractivity contribution is 7.92. The van der Waals surface area contributed by atoms with E-state index < -0.39 is 10.0 Å². The smallest absolute Gasteiger partial charge is 0.264 e. The van der Waals surface area contributed by atoms with Crippen molar-refractivity contribution in [3.05, 3.63) is 53.6 Å². The second-order valence-electron chi connectivity index (χ2n) is 6.70. The Morgan fingerprint density at radius 1 is 1.08 bits per heavy atom. The van der Waals surface area contributed by atoms with Gasteiger partial charge in [-0.15, -0.1) is 0 Å². The molecule has 4 rings (SSSR count). The van der Waals surface area contributed by atoms with Crippen molar-refractivity contribution in [2.75, 3.05) is 9.62 Å². The SMILES string of the molecule is CC1Cc2ccccc2N1S(=O)(=O)c1ccc2c(c1)CCCC(=O)N2. The van der Waals surface area contributed by atoms with E-state index in [9.17, 15) is 13.2 Å². The maximum atomic E-state index is 13.3. The van der Waals surface area contributed by atoms with Crippen LogP contribution in [-0.2, 0) is 27.7 Å². The summed E-state index contributed by atoms with van der Waals surface area (Å²) in [5, 5.41) is 2.85. The van der Waals surface area contributed by atoms with Gasteiger partial charge in [0.25, 0.3) is 10.0 Å². The number of para-hydroxylation sites is 1.